The van der Waals surface area contributed by atoms with Crippen LogP contribution in [0.25, 0.3) is 0 Å². The maximum Gasteiger partial charge on any atom is 0.287 e. The number of halogens is 2. The van der Waals surface area contributed by atoms with Crippen molar-refractivity contribution >= 4 is 17.5 Å². The summed E-state index contributed by atoms with van der Waals surface area (Å²) in [5, 5.41) is 2.92. The number of carbonyl (C=O) groups is 2. The first-order valence-electron chi connectivity index (χ1n) is 12.3. The highest BCUT2D eigenvalue weighted by atomic mass is 19.1. The first-order chi connectivity index (χ1) is 17.7. The molecular formula is C27H30F2N6O2. The van der Waals surface area contributed by atoms with Crippen LogP contribution >= 0.6 is 0 Å². The van der Waals surface area contributed by atoms with Crippen LogP contribution in [0.2, 0.25) is 0 Å². The monoisotopic (exact) mass is 508 g/mol. The van der Waals surface area contributed by atoms with Gasteiger partial charge in [-0.15, -0.1) is 0 Å². The maximum absolute atomic E-state index is 15.0. The molecule has 1 aromatic heterocycles. The third kappa shape index (κ3) is 4.46. The van der Waals surface area contributed by atoms with Gasteiger partial charge in [-0.2, -0.15) is 0 Å². The van der Waals surface area contributed by atoms with Gasteiger partial charge in [0.25, 0.3) is 11.8 Å². The first-order valence-corrected chi connectivity index (χ1v) is 12.3. The van der Waals surface area contributed by atoms with Crippen LogP contribution in [-0.4, -0.2) is 51.8 Å². The summed E-state index contributed by atoms with van der Waals surface area (Å²) >= 11 is 0. The lowest BCUT2D eigenvalue weighted by Gasteiger charge is -2.53. The van der Waals surface area contributed by atoms with Crippen molar-refractivity contribution in [2.45, 2.75) is 44.4 Å². The standard InChI is InChI=1S/C27H30F2N6O2/c1-33(2)26(37)18-12-21(28)20(22(29)13-18)16-34-10-11-35-23(27(34)8-3-9-27)15-31-24(35)25(36)32-14-17-4-6-19(30)7-5-17/h4-7,12-13,15H,3,8-11,14,16,30H2,1-2H3,(H,32,36). The number of nitrogens with one attached hydrogen (secondary N) is 1. The quantitative estimate of drug-likeness (QED) is 0.499. The molecule has 2 heterocycles. The Bertz CT molecular complexity index is 1320. The average molecular weight is 509 g/mol. The number of benzene rings is 2. The van der Waals surface area contributed by atoms with E-state index < -0.39 is 23.1 Å². The molecule has 1 saturated carbocycles. The molecule has 2 aromatic carbocycles. The summed E-state index contributed by atoms with van der Waals surface area (Å²) in [5.74, 6) is -1.86. The number of nitrogen functional groups attached to an aromatic ring is 1. The molecule has 0 unspecified atom stereocenters. The van der Waals surface area contributed by atoms with Crippen LogP contribution in [0.15, 0.2) is 42.6 Å². The average Bonchev–Trinajstić information content (AvgIpc) is 3.28. The van der Waals surface area contributed by atoms with Crippen molar-refractivity contribution in [3.8, 4) is 0 Å². The molecule has 10 heteroatoms. The van der Waals surface area contributed by atoms with Crippen LogP contribution in [0.5, 0.6) is 0 Å². The zero-order chi connectivity index (χ0) is 26.3. The minimum atomic E-state index is -0.735. The molecule has 1 aliphatic carbocycles. The molecule has 3 aromatic rings. The lowest BCUT2D eigenvalue weighted by Crippen LogP contribution is -2.56. The van der Waals surface area contributed by atoms with Crippen molar-refractivity contribution in [1.29, 1.82) is 0 Å². The number of nitrogens with zero attached hydrogens (tertiary/aromatic N) is 4. The highest BCUT2D eigenvalue weighted by Crippen LogP contribution is 2.49. The van der Waals surface area contributed by atoms with E-state index in [2.05, 4.69) is 15.2 Å². The van der Waals surface area contributed by atoms with Crippen molar-refractivity contribution in [3.63, 3.8) is 0 Å². The Morgan fingerprint density at radius 2 is 1.78 bits per heavy atom. The van der Waals surface area contributed by atoms with Crippen molar-refractivity contribution in [3.05, 3.63) is 82.4 Å². The van der Waals surface area contributed by atoms with Gasteiger partial charge in [-0.25, -0.2) is 13.8 Å². The maximum atomic E-state index is 15.0. The van der Waals surface area contributed by atoms with Gasteiger partial charge >= 0.3 is 0 Å². The van der Waals surface area contributed by atoms with Crippen LogP contribution < -0.4 is 11.1 Å². The first kappa shape index (κ1) is 24.9. The van der Waals surface area contributed by atoms with Gasteiger partial charge in [-0.3, -0.25) is 14.5 Å². The molecule has 37 heavy (non-hydrogen) atoms. The van der Waals surface area contributed by atoms with Crippen molar-refractivity contribution < 1.29 is 18.4 Å². The van der Waals surface area contributed by atoms with E-state index in [1.54, 1.807) is 18.3 Å². The Labute approximate surface area is 214 Å². The van der Waals surface area contributed by atoms with Gasteiger partial charge < -0.3 is 20.5 Å². The molecule has 2 amide bonds. The number of fused-ring (bicyclic) bond motifs is 2. The summed E-state index contributed by atoms with van der Waals surface area (Å²) in [4.78, 5) is 33.0. The topological polar surface area (TPSA) is 96.5 Å². The van der Waals surface area contributed by atoms with Crippen LogP contribution in [0.3, 0.4) is 0 Å². The van der Waals surface area contributed by atoms with E-state index in [0.717, 1.165) is 42.7 Å². The number of rotatable bonds is 6. The number of hydrogen-bond acceptors (Lipinski definition) is 5. The number of nitrogens with two attached hydrogens (primary N) is 1. The number of imidazole rings is 1. The minimum Gasteiger partial charge on any atom is -0.399 e. The van der Waals surface area contributed by atoms with Crippen LogP contribution in [0.1, 0.15) is 57.1 Å². The summed E-state index contributed by atoms with van der Waals surface area (Å²) in [7, 11) is 3.07. The molecule has 1 fully saturated rings. The molecule has 194 valence electrons. The molecule has 0 bridgehead atoms. The van der Waals surface area contributed by atoms with Gasteiger partial charge in [0.05, 0.1) is 17.4 Å². The summed E-state index contributed by atoms with van der Waals surface area (Å²) in [5.41, 5.74) is 7.69. The van der Waals surface area contributed by atoms with E-state index in [9.17, 15) is 9.59 Å². The van der Waals surface area contributed by atoms with Gasteiger partial charge in [-0.05, 0) is 49.1 Å². The van der Waals surface area contributed by atoms with Crippen molar-refractivity contribution in [2.24, 2.45) is 0 Å². The van der Waals surface area contributed by atoms with Crippen LogP contribution in [0, 0.1) is 11.6 Å². The summed E-state index contributed by atoms with van der Waals surface area (Å²) in [6.45, 7) is 1.41. The fourth-order valence-electron chi connectivity index (χ4n) is 5.29. The Hall–Kier alpha value is -3.79. The zero-order valence-corrected chi connectivity index (χ0v) is 20.9. The molecular weight excluding hydrogens is 478 g/mol. The summed E-state index contributed by atoms with van der Waals surface area (Å²) in [6, 6.07) is 9.50. The summed E-state index contributed by atoms with van der Waals surface area (Å²) in [6.07, 6.45) is 4.31. The van der Waals surface area contributed by atoms with E-state index in [0.29, 0.717) is 31.1 Å². The molecule has 3 N–H and O–H groups in total. The van der Waals surface area contributed by atoms with Gasteiger partial charge in [0.1, 0.15) is 11.6 Å². The molecule has 8 nitrogen and oxygen atoms in total. The van der Waals surface area contributed by atoms with E-state index in [-0.39, 0.29) is 23.6 Å². The Kier molecular flexibility index (Phi) is 6.45. The predicted molar refractivity (Wildman–Crippen MR) is 135 cm³/mol. The lowest BCUT2D eigenvalue weighted by molar-refractivity contribution is -0.0229. The molecule has 0 saturated heterocycles. The van der Waals surface area contributed by atoms with Gasteiger partial charge in [-0.1, -0.05) is 12.1 Å². The Balaban J connectivity index is 1.36. The smallest absolute Gasteiger partial charge is 0.287 e. The number of hydrogen-bond donors (Lipinski definition) is 2. The fraction of sp³-hybridized carbons (Fsp3) is 0.370. The van der Waals surface area contributed by atoms with Gasteiger partial charge in [0.2, 0.25) is 0 Å². The molecule has 0 atom stereocenters. The lowest BCUT2D eigenvalue weighted by atomic mass is 9.72. The largest absolute Gasteiger partial charge is 0.399 e. The molecule has 1 aliphatic heterocycles. The van der Waals surface area contributed by atoms with Crippen molar-refractivity contribution in [2.75, 3.05) is 26.4 Å². The van der Waals surface area contributed by atoms with E-state index in [1.807, 2.05) is 16.7 Å². The van der Waals surface area contributed by atoms with E-state index >= 15 is 8.78 Å². The number of carbonyl (C=O) groups excluding carboxylic acids is 2. The fourth-order valence-corrected chi connectivity index (χ4v) is 5.29. The second kappa shape index (κ2) is 9.59. The van der Waals surface area contributed by atoms with Crippen LogP contribution in [-0.2, 0) is 25.2 Å². The second-order valence-electron chi connectivity index (χ2n) is 9.97. The molecule has 5 rings (SSSR count). The Morgan fingerprint density at radius 1 is 1.11 bits per heavy atom. The number of aromatic nitrogens is 2. The number of amides is 2. The predicted octanol–water partition coefficient (Wildman–Crippen LogP) is 3.27. The SMILES string of the molecule is CN(C)C(=O)c1cc(F)c(CN2CCn3c(cnc3C(=O)NCc3ccc(N)cc3)C23CCC3)c(F)c1. The highest BCUT2D eigenvalue weighted by molar-refractivity contribution is 5.94. The normalized spacial score (nSPS) is 16.2. The third-order valence-electron chi connectivity index (χ3n) is 7.49. The van der Waals surface area contributed by atoms with Gasteiger partial charge in [0.15, 0.2) is 5.82 Å². The Morgan fingerprint density at radius 3 is 2.38 bits per heavy atom. The van der Waals surface area contributed by atoms with Crippen molar-refractivity contribution in [1.82, 2.24) is 24.7 Å². The van der Waals surface area contributed by atoms with E-state index in [4.69, 9.17) is 5.73 Å². The van der Waals surface area contributed by atoms with Gasteiger partial charge in [0, 0.05) is 57.1 Å². The number of anilines is 1. The minimum absolute atomic E-state index is 0.0200. The zero-order valence-electron chi connectivity index (χ0n) is 20.9. The van der Waals surface area contributed by atoms with Crippen LogP contribution in [0.4, 0.5) is 14.5 Å². The highest BCUT2D eigenvalue weighted by Gasteiger charge is 2.49. The van der Waals surface area contributed by atoms with E-state index in [1.165, 1.54) is 19.0 Å². The molecule has 1 spiro atoms. The summed E-state index contributed by atoms with van der Waals surface area (Å²) < 4.78 is 31.9. The molecule has 0 radical (unpaired) electrons. The second-order valence-corrected chi connectivity index (χ2v) is 9.97. The molecule has 2 aliphatic rings. The third-order valence-corrected chi connectivity index (χ3v) is 7.49.